The van der Waals surface area contributed by atoms with Crippen LogP contribution in [-0.2, 0) is 16.2 Å². The molecule has 0 saturated heterocycles. The minimum absolute atomic E-state index is 0.0879. The third-order valence-corrected chi connectivity index (χ3v) is 3.71. The van der Waals surface area contributed by atoms with Crippen molar-refractivity contribution in [3.63, 3.8) is 0 Å². The van der Waals surface area contributed by atoms with Gasteiger partial charge in [-0.2, -0.15) is 0 Å². The van der Waals surface area contributed by atoms with E-state index in [-0.39, 0.29) is 5.92 Å². The Morgan fingerprint density at radius 2 is 2.00 bits per heavy atom. The molecule has 1 N–H and O–H groups in total. The maximum Gasteiger partial charge on any atom is 0.109 e. The Morgan fingerprint density at radius 1 is 1.35 bits per heavy atom. The average Bonchev–Trinajstić information content (AvgIpc) is 2.50. The van der Waals surface area contributed by atoms with E-state index in [0.717, 1.165) is 5.56 Å². The SMILES string of the molecule is CC[C@@H](O)[C@@H](C)[C@](C)(/C=N/OC)OCc1ccccc1. The first-order valence-electron chi connectivity index (χ1n) is 6.97. The van der Waals surface area contributed by atoms with Crippen molar-refractivity contribution in [2.45, 2.75) is 45.5 Å². The number of aliphatic hydroxyl groups is 1. The van der Waals surface area contributed by atoms with Gasteiger partial charge in [0.2, 0.25) is 0 Å². The van der Waals surface area contributed by atoms with Gasteiger partial charge in [-0.25, -0.2) is 0 Å². The molecule has 0 spiro atoms. The van der Waals surface area contributed by atoms with Gasteiger partial charge in [0.05, 0.1) is 18.9 Å². The summed E-state index contributed by atoms with van der Waals surface area (Å²) in [7, 11) is 1.50. The molecule has 0 saturated carbocycles. The summed E-state index contributed by atoms with van der Waals surface area (Å²) in [5, 5.41) is 13.9. The molecule has 4 heteroatoms. The lowest BCUT2D eigenvalue weighted by atomic mass is 9.85. The standard InChI is InChI=1S/C16H25NO3/c1-5-15(18)13(2)16(3,12-17-19-4)20-11-14-9-7-6-8-10-14/h6-10,12-13,15,18H,5,11H2,1-4H3/b17-12+/t13-,15-,16+/m1/s1. The van der Waals surface area contributed by atoms with Gasteiger partial charge in [0.25, 0.3) is 0 Å². The van der Waals surface area contributed by atoms with Crippen LogP contribution in [0.4, 0.5) is 0 Å². The number of hydrogen-bond acceptors (Lipinski definition) is 4. The molecule has 0 unspecified atom stereocenters. The number of nitrogens with zero attached hydrogens (tertiary/aromatic N) is 1. The topological polar surface area (TPSA) is 51.1 Å². The summed E-state index contributed by atoms with van der Waals surface area (Å²) >= 11 is 0. The molecule has 0 heterocycles. The molecule has 0 bridgehead atoms. The highest BCUT2D eigenvalue weighted by Crippen LogP contribution is 2.26. The molecule has 0 radical (unpaired) electrons. The first kappa shape index (κ1) is 16.7. The molecule has 0 amide bonds. The van der Waals surface area contributed by atoms with Crippen LogP contribution in [0.1, 0.15) is 32.8 Å². The Bertz CT molecular complexity index is 407. The van der Waals surface area contributed by atoms with E-state index in [4.69, 9.17) is 9.57 Å². The van der Waals surface area contributed by atoms with Crippen LogP contribution in [-0.4, -0.2) is 30.1 Å². The first-order chi connectivity index (χ1) is 9.53. The second-order valence-corrected chi connectivity index (χ2v) is 5.14. The molecule has 20 heavy (non-hydrogen) atoms. The normalized spacial score (nSPS) is 17.6. The minimum Gasteiger partial charge on any atom is -0.399 e. The van der Waals surface area contributed by atoms with Gasteiger partial charge in [0.1, 0.15) is 12.7 Å². The summed E-state index contributed by atoms with van der Waals surface area (Å²) in [5.41, 5.74) is 0.407. The van der Waals surface area contributed by atoms with E-state index in [9.17, 15) is 5.11 Å². The van der Waals surface area contributed by atoms with E-state index in [0.29, 0.717) is 13.0 Å². The van der Waals surface area contributed by atoms with Crippen LogP contribution < -0.4 is 0 Å². The van der Waals surface area contributed by atoms with E-state index < -0.39 is 11.7 Å². The van der Waals surface area contributed by atoms with Gasteiger partial charge in [-0.3, -0.25) is 0 Å². The van der Waals surface area contributed by atoms with Crippen molar-refractivity contribution < 1.29 is 14.7 Å². The molecule has 112 valence electrons. The number of hydrogen-bond donors (Lipinski definition) is 1. The Hall–Kier alpha value is -1.39. The summed E-state index contributed by atoms with van der Waals surface area (Å²) in [5.74, 6) is -0.0879. The van der Waals surface area contributed by atoms with Gasteiger partial charge in [-0.1, -0.05) is 49.3 Å². The quantitative estimate of drug-likeness (QED) is 0.588. The Balaban J connectivity index is 2.80. The molecule has 0 aromatic heterocycles. The summed E-state index contributed by atoms with van der Waals surface area (Å²) in [6, 6.07) is 9.94. The van der Waals surface area contributed by atoms with Crippen LogP contribution in [0.25, 0.3) is 0 Å². The zero-order valence-electron chi connectivity index (χ0n) is 12.7. The lowest BCUT2D eigenvalue weighted by Crippen LogP contribution is -2.43. The molecule has 0 aliphatic rings. The van der Waals surface area contributed by atoms with E-state index >= 15 is 0 Å². The van der Waals surface area contributed by atoms with Gasteiger partial charge in [-0.15, -0.1) is 0 Å². The van der Waals surface area contributed by atoms with Crippen molar-refractivity contribution in [1.82, 2.24) is 0 Å². The predicted octanol–water partition coefficient (Wildman–Crippen LogP) is 3.00. The molecular formula is C16H25NO3. The number of aliphatic hydroxyl groups excluding tert-OH is 1. The van der Waals surface area contributed by atoms with Gasteiger partial charge in [0, 0.05) is 5.92 Å². The van der Waals surface area contributed by atoms with Crippen molar-refractivity contribution in [3.8, 4) is 0 Å². The van der Waals surface area contributed by atoms with E-state index in [2.05, 4.69) is 5.16 Å². The Morgan fingerprint density at radius 3 is 2.55 bits per heavy atom. The van der Waals surface area contributed by atoms with Gasteiger partial charge in [0.15, 0.2) is 0 Å². The summed E-state index contributed by atoms with van der Waals surface area (Å²) in [6.45, 7) is 6.29. The number of benzene rings is 1. The maximum atomic E-state index is 10.1. The fourth-order valence-corrected chi connectivity index (χ4v) is 1.99. The summed E-state index contributed by atoms with van der Waals surface area (Å²) < 4.78 is 6.01. The third kappa shape index (κ3) is 4.62. The summed E-state index contributed by atoms with van der Waals surface area (Å²) in [6.07, 6.45) is 1.85. The number of oxime groups is 1. The highest BCUT2D eigenvalue weighted by Gasteiger charge is 2.35. The third-order valence-electron chi connectivity index (χ3n) is 3.71. The first-order valence-corrected chi connectivity index (χ1v) is 6.97. The lowest BCUT2D eigenvalue weighted by molar-refractivity contribution is -0.0656. The van der Waals surface area contributed by atoms with Crippen LogP contribution in [0, 0.1) is 5.92 Å². The van der Waals surface area contributed by atoms with Gasteiger partial charge in [-0.05, 0) is 18.9 Å². The fourth-order valence-electron chi connectivity index (χ4n) is 1.99. The van der Waals surface area contributed by atoms with E-state index in [1.165, 1.54) is 7.11 Å². The van der Waals surface area contributed by atoms with Crippen molar-refractivity contribution >= 4 is 6.21 Å². The Labute approximate surface area is 121 Å². The monoisotopic (exact) mass is 279 g/mol. The van der Waals surface area contributed by atoms with Crippen LogP contribution in [0.5, 0.6) is 0 Å². The predicted molar refractivity (Wildman–Crippen MR) is 80.6 cm³/mol. The molecule has 0 aliphatic carbocycles. The lowest BCUT2D eigenvalue weighted by Gasteiger charge is -2.34. The van der Waals surface area contributed by atoms with Crippen LogP contribution in [0.15, 0.2) is 35.5 Å². The molecule has 3 atom stereocenters. The van der Waals surface area contributed by atoms with Crippen molar-refractivity contribution in [3.05, 3.63) is 35.9 Å². The van der Waals surface area contributed by atoms with Crippen molar-refractivity contribution in [2.75, 3.05) is 7.11 Å². The largest absolute Gasteiger partial charge is 0.399 e. The average molecular weight is 279 g/mol. The van der Waals surface area contributed by atoms with E-state index in [1.54, 1.807) is 6.21 Å². The van der Waals surface area contributed by atoms with Crippen LogP contribution in [0.2, 0.25) is 0 Å². The van der Waals surface area contributed by atoms with Gasteiger partial charge < -0.3 is 14.7 Å². The smallest absolute Gasteiger partial charge is 0.109 e. The van der Waals surface area contributed by atoms with Gasteiger partial charge >= 0.3 is 0 Å². The molecule has 0 aliphatic heterocycles. The molecule has 1 aromatic rings. The highest BCUT2D eigenvalue weighted by molar-refractivity contribution is 5.68. The molecule has 1 aromatic carbocycles. The summed E-state index contributed by atoms with van der Waals surface area (Å²) in [4.78, 5) is 4.76. The molecule has 0 fully saturated rings. The second kappa shape index (κ2) is 8.02. The van der Waals surface area contributed by atoms with Crippen LogP contribution >= 0.6 is 0 Å². The fraction of sp³-hybridized carbons (Fsp3) is 0.562. The maximum absolute atomic E-state index is 10.1. The Kier molecular flexibility index (Phi) is 6.68. The van der Waals surface area contributed by atoms with E-state index in [1.807, 2.05) is 51.1 Å². The van der Waals surface area contributed by atoms with Crippen molar-refractivity contribution in [1.29, 1.82) is 0 Å². The number of ether oxygens (including phenoxy) is 1. The van der Waals surface area contributed by atoms with Crippen molar-refractivity contribution in [2.24, 2.45) is 11.1 Å². The zero-order chi connectivity index (χ0) is 15.0. The molecule has 4 nitrogen and oxygen atoms in total. The highest BCUT2D eigenvalue weighted by atomic mass is 16.6. The molecule has 1 rings (SSSR count). The second-order valence-electron chi connectivity index (χ2n) is 5.14. The zero-order valence-corrected chi connectivity index (χ0v) is 12.7. The minimum atomic E-state index is -0.679. The number of rotatable bonds is 8. The van der Waals surface area contributed by atoms with Crippen LogP contribution in [0.3, 0.4) is 0 Å². The molecular weight excluding hydrogens is 254 g/mol.